The van der Waals surface area contributed by atoms with Crippen LogP contribution in [0.2, 0.25) is 0 Å². The van der Waals surface area contributed by atoms with E-state index in [2.05, 4.69) is 10.3 Å². The molecule has 0 aliphatic heterocycles. The van der Waals surface area contributed by atoms with E-state index >= 15 is 0 Å². The van der Waals surface area contributed by atoms with Gasteiger partial charge in [-0.15, -0.1) is 11.3 Å². The van der Waals surface area contributed by atoms with Crippen LogP contribution in [0, 0.1) is 12.7 Å². The molecule has 114 valence electrons. The van der Waals surface area contributed by atoms with E-state index in [-0.39, 0.29) is 24.5 Å². The maximum Gasteiger partial charge on any atom is 0.133 e. The standard InChI is InChI=1S/C16H21FN2OS/c1-4-12(9-20)18-10(2)15-11(3)19-16(21-15)13-7-5-6-8-14(13)17/h5-8,10,12,18,20H,4,9H2,1-3H3. The van der Waals surface area contributed by atoms with Crippen LogP contribution in [0.25, 0.3) is 10.6 Å². The highest BCUT2D eigenvalue weighted by Crippen LogP contribution is 2.33. The van der Waals surface area contributed by atoms with Gasteiger partial charge in [0.05, 0.1) is 12.3 Å². The van der Waals surface area contributed by atoms with E-state index < -0.39 is 0 Å². The Balaban J connectivity index is 2.25. The molecule has 0 aliphatic carbocycles. The Bertz CT molecular complexity index is 596. The number of aliphatic hydroxyl groups excluding tert-OH is 1. The molecule has 0 bridgehead atoms. The number of aromatic nitrogens is 1. The van der Waals surface area contributed by atoms with E-state index in [0.29, 0.717) is 10.6 Å². The summed E-state index contributed by atoms with van der Waals surface area (Å²) in [6.07, 6.45) is 0.860. The Morgan fingerprint density at radius 2 is 2.10 bits per heavy atom. The van der Waals surface area contributed by atoms with Crippen molar-refractivity contribution in [2.75, 3.05) is 6.61 Å². The maximum atomic E-state index is 13.9. The van der Waals surface area contributed by atoms with Crippen LogP contribution in [0.1, 0.15) is 36.9 Å². The predicted octanol–water partition coefficient (Wildman–Crippen LogP) is 3.68. The SMILES string of the molecule is CCC(CO)NC(C)c1sc(-c2ccccc2F)nc1C. The van der Waals surface area contributed by atoms with Crippen LogP contribution in [-0.2, 0) is 0 Å². The van der Waals surface area contributed by atoms with Gasteiger partial charge >= 0.3 is 0 Å². The lowest BCUT2D eigenvalue weighted by Crippen LogP contribution is -2.33. The Kier molecular flexibility index (Phi) is 5.45. The van der Waals surface area contributed by atoms with Crippen LogP contribution in [0.15, 0.2) is 24.3 Å². The molecule has 0 saturated heterocycles. The van der Waals surface area contributed by atoms with Crippen molar-refractivity contribution >= 4 is 11.3 Å². The molecule has 2 aromatic rings. The van der Waals surface area contributed by atoms with Crippen molar-refractivity contribution in [2.45, 2.75) is 39.3 Å². The predicted molar refractivity (Wildman–Crippen MR) is 85.0 cm³/mol. The van der Waals surface area contributed by atoms with Crippen LogP contribution in [0.5, 0.6) is 0 Å². The zero-order valence-corrected chi connectivity index (χ0v) is 13.4. The van der Waals surface area contributed by atoms with Gasteiger partial charge in [0.25, 0.3) is 0 Å². The minimum absolute atomic E-state index is 0.0680. The fourth-order valence-corrected chi connectivity index (χ4v) is 3.39. The summed E-state index contributed by atoms with van der Waals surface area (Å²) in [5, 5.41) is 13.4. The Morgan fingerprint density at radius 1 is 1.38 bits per heavy atom. The first kappa shape index (κ1) is 16.1. The Labute approximate surface area is 128 Å². The van der Waals surface area contributed by atoms with Crippen molar-refractivity contribution < 1.29 is 9.50 Å². The van der Waals surface area contributed by atoms with Gasteiger partial charge in [-0.25, -0.2) is 9.37 Å². The summed E-state index contributed by atoms with van der Waals surface area (Å²) in [6, 6.07) is 6.84. The second kappa shape index (κ2) is 7.11. The summed E-state index contributed by atoms with van der Waals surface area (Å²) in [4.78, 5) is 5.58. The molecule has 21 heavy (non-hydrogen) atoms. The van der Waals surface area contributed by atoms with E-state index in [9.17, 15) is 9.50 Å². The zero-order valence-electron chi connectivity index (χ0n) is 12.6. The number of nitrogens with one attached hydrogen (secondary N) is 1. The van der Waals surface area contributed by atoms with Crippen LogP contribution in [0.3, 0.4) is 0 Å². The second-order valence-corrected chi connectivity index (χ2v) is 6.16. The second-order valence-electron chi connectivity index (χ2n) is 5.12. The normalized spacial score (nSPS) is 14.1. The van der Waals surface area contributed by atoms with E-state index in [1.807, 2.05) is 26.8 Å². The van der Waals surface area contributed by atoms with Crippen molar-refractivity contribution in [3.05, 3.63) is 40.7 Å². The molecule has 1 aromatic heterocycles. The smallest absolute Gasteiger partial charge is 0.133 e. The van der Waals surface area contributed by atoms with Crippen molar-refractivity contribution in [3.8, 4) is 10.6 Å². The summed E-state index contributed by atoms with van der Waals surface area (Å²) in [7, 11) is 0. The van der Waals surface area contributed by atoms with Crippen LogP contribution in [0.4, 0.5) is 4.39 Å². The number of rotatable bonds is 6. The molecule has 1 heterocycles. The Morgan fingerprint density at radius 3 is 2.71 bits per heavy atom. The number of benzene rings is 1. The molecule has 0 spiro atoms. The summed E-state index contributed by atoms with van der Waals surface area (Å²) in [5.41, 5.74) is 1.45. The minimum Gasteiger partial charge on any atom is -0.395 e. The molecule has 2 N–H and O–H groups in total. The van der Waals surface area contributed by atoms with E-state index in [1.165, 1.54) is 17.4 Å². The molecule has 2 unspecified atom stereocenters. The maximum absolute atomic E-state index is 13.9. The van der Waals surface area contributed by atoms with Crippen molar-refractivity contribution in [2.24, 2.45) is 0 Å². The topological polar surface area (TPSA) is 45.1 Å². The van der Waals surface area contributed by atoms with Gasteiger partial charge in [-0.1, -0.05) is 19.1 Å². The van der Waals surface area contributed by atoms with Gasteiger partial charge in [-0.3, -0.25) is 0 Å². The highest BCUT2D eigenvalue weighted by molar-refractivity contribution is 7.15. The lowest BCUT2D eigenvalue weighted by atomic mass is 10.1. The first-order chi connectivity index (χ1) is 10.1. The number of thiazole rings is 1. The highest BCUT2D eigenvalue weighted by atomic mass is 32.1. The van der Waals surface area contributed by atoms with Gasteiger partial charge in [0.1, 0.15) is 10.8 Å². The summed E-state index contributed by atoms with van der Waals surface area (Å²) < 4.78 is 13.9. The average Bonchev–Trinajstić information content (AvgIpc) is 2.87. The molecule has 0 amide bonds. The molecule has 2 atom stereocenters. The van der Waals surface area contributed by atoms with Crippen LogP contribution >= 0.6 is 11.3 Å². The van der Waals surface area contributed by atoms with E-state index in [1.54, 1.807) is 12.1 Å². The molecule has 0 saturated carbocycles. The third-order valence-electron chi connectivity index (χ3n) is 3.53. The van der Waals surface area contributed by atoms with Gasteiger partial charge in [0, 0.05) is 22.5 Å². The van der Waals surface area contributed by atoms with Crippen LogP contribution in [-0.4, -0.2) is 22.7 Å². The van der Waals surface area contributed by atoms with Gasteiger partial charge < -0.3 is 10.4 Å². The highest BCUT2D eigenvalue weighted by Gasteiger charge is 2.18. The molecule has 0 aliphatic rings. The number of hydrogen-bond donors (Lipinski definition) is 2. The molecule has 3 nitrogen and oxygen atoms in total. The molecule has 1 aromatic carbocycles. The van der Waals surface area contributed by atoms with E-state index in [4.69, 9.17) is 0 Å². The fourth-order valence-electron chi connectivity index (χ4n) is 2.29. The van der Waals surface area contributed by atoms with Crippen molar-refractivity contribution in [1.82, 2.24) is 10.3 Å². The number of aryl methyl sites for hydroxylation is 1. The summed E-state index contributed by atoms with van der Waals surface area (Å²) in [6.45, 7) is 6.13. The number of halogens is 1. The largest absolute Gasteiger partial charge is 0.395 e. The van der Waals surface area contributed by atoms with Gasteiger partial charge in [0.15, 0.2) is 0 Å². The van der Waals surface area contributed by atoms with Crippen LogP contribution < -0.4 is 5.32 Å². The van der Waals surface area contributed by atoms with Crippen molar-refractivity contribution in [3.63, 3.8) is 0 Å². The first-order valence-corrected chi connectivity index (χ1v) is 7.97. The van der Waals surface area contributed by atoms with Gasteiger partial charge in [-0.05, 0) is 32.4 Å². The quantitative estimate of drug-likeness (QED) is 0.855. The third-order valence-corrected chi connectivity index (χ3v) is 4.90. The summed E-state index contributed by atoms with van der Waals surface area (Å²) in [5.74, 6) is -0.250. The minimum atomic E-state index is -0.250. The molecule has 5 heteroatoms. The monoisotopic (exact) mass is 308 g/mol. The van der Waals surface area contributed by atoms with Crippen molar-refractivity contribution in [1.29, 1.82) is 0 Å². The Hall–Kier alpha value is -1.30. The van der Waals surface area contributed by atoms with Gasteiger partial charge in [0.2, 0.25) is 0 Å². The average molecular weight is 308 g/mol. The number of aliphatic hydroxyl groups is 1. The molecular weight excluding hydrogens is 287 g/mol. The number of hydrogen-bond acceptors (Lipinski definition) is 4. The third kappa shape index (κ3) is 3.67. The molecule has 2 rings (SSSR count). The molecular formula is C16H21FN2OS. The summed E-state index contributed by atoms with van der Waals surface area (Å²) >= 11 is 1.50. The van der Waals surface area contributed by atoms with Gasteiger partial charge in [-0.2, -0.15) is 0 Å². The first-order valence-electron chi connectivity index (χ1n) is 7.16. The molecule has 0 fully saturated rings. The van der Waals surface area contributed by atoms with E-state index in [0.717, 1.165) is 17.0 Å². The number of nitrogens with zero attached hydrogens (tertiary/aromatic N) is 1. The zero-order chi connectivity index (χ0) is 15.4. The lowest BCUT2D eigenvalue weighted by Gasteiger charge is -2.19. The molecule has 0 radical (unpaired) electrons. The lowest BCUT2D eigenvalue weighted by molar-refractivity contribution is 0.230. The fraction of sp³-hybridized carbons (Fsp3) is 0.438.